The van der Waals surface area contributed by atoms with Gasteiger partial charge < -0.3 is 10.0 Å². The number of carbonyl (C=O) groups excluding carboxylic acids is 2. The van der Waals surface area contributed by atoms with Crippen molar-refractivity contribution in [3.63, 3.8) is 0 Å². The van der Waals surface area contributed by atoms with E-state index in [1.54, 1.807) is 4.90 Å². The van der Waals surface area contributed by atoms with Crippen LogP contribution < -0.4 is 10.2 Å². The Labute approximate surface area is 212 Å². The molecule has 0 aliphatic carbocycles. The Kier molecular flexibility index (Phi) is 8.96. The minimum atomic E-state index is -0.687. The van der Waals surface area contributed by atoms with Crippen molar-refractivity contribution in [3.8, 4) is 0 Å². The number of likely N-dealkylation sites (tertiary alicyclic amines) is 1. The fourth-order valence-corrected chi connectivity index (χ4v) is 5.46. The van der Waals surface area contributed by atoms with E-state index in [1.807, 2.05) is 11.7 Å². The molecular weight excluding hydrogens is 458 g/mol. The highest BCUT2D eigenvalue weighted by molar-refractivity contribution is 6.08. The smallest absolute Gasteiger partial charge is 0.329 e. The fourth-order valence-electron chi connectivity index (χ4n) is 5.46. The predicted molar refractivity (Wildman–Crippen MR) is 139 cm³/mol. The minimum absolute atomic E-state index is 0.241. The summed E-state index contributed by atoms with van der Waals surface area (Å²) in [6.45, 7) is 3.76. The zero-order chi connectivity index (χ0) is 25.5. The molecule has 9 heteroatoms. The zero-order valence-electron chi connectivity index (χ0n) is 21.4. The summed E-state index contributed by atoms with van der Waals surface area (Å²) in [6.07, 6.45) is 10.8. The molecule has 36 heavy (non-hydrogen) atoms. The maximum Gasteiger partial charge on any atom is 0.329 e. The lowest BCUT2D eigenvalue weighted by atomic mass is 9.89. The molecule has 1 aromatic carbocycles. The maximum absolute atomic E-state index is 12.3. The van der Waals surface area contributed by atoms with Gasteiger partial charge >= 0.3 is 12.0 Å². The summed E-state index contributed by atoms with van der Waals surface area (Å²) in [4.78, 5) is 38.5. The number of aromatic nitrogens is 2. The molecule has 2 fully saturated rings. The second-order valence-corrected chi connectivity index (χ2v) is 10.2. The molecule has 2 N–H and O–H groups in total. The fraction of sp³-hybridized carbons (Fsp3) is 0.630. The number of amides is 3. The molecule has 0 unspecified atom stereocenters. The summed E-state index contributed by atoms with van der Waals surface area (Å²) in [6, 6.07) is 6.07. The van der Waals surface area contributed by atoms with Crippen molar-refractivity contribution in [2.45, 2.75) is 76.5 Å². The first kappa shape index (κ1) is 26.1. The number of carboxylic acid groups (broad SMARTS) is 1. The van der Waals surface area contributed by atoms with Crippen LogP contribution in [0.4, 0.5) is 10.6 Å². The lowest BCUT2D eigenvalue weighted by Gasteiger charge is -2.32. The Bertz CT molecular complexity index is 1070. The molecule has 3 amide bonds. The van der Waals surface area contributed by atoms with Gasteiger partial charge in [0, 0.05) is 31.8 Å². The molecule has 9 nitrogen and oxygen atoms in total. The number of fused-ring (bicyclic) bond motifs is 1. The number of benzene rings is 1. The summed E-state index contributed by atoms with van der Waals surface area (Å²) in [7, 11) is 1.90. The molecule has 0 spiro atoms. The first-order valence-corrected chi connectivity index (χ1v) is 13.4. The molecule has 2 aliphatic rings. The van der Waals surface area contributed by atoms with Gasteiger partial charge in [0.1, 0.15) is 0 Å². The van der Waals surface area contributed by atoms with Crippen LogP contribution in [0, 0.1) is 0 Å². The molecule has 0 radical (unpaired) electrons. The predicted octanol–water partition coefficient (Wildman–Crippen LogP) is 4.40. The first-order valence-electron chi connectivity index (χ1n) is 13.4. The van der Waals surface area contributed by atoms with E-state index in [1.165, 1.54) is 31.2 Å². The molecule has 0 saturated carbocycles. The normalized spacial score (nSPS) is 17.6. The average Bonchev–Trinajstić information content (AvgIpc) is 3.18. The average molecular weight is 498 g/mol. The maximum atomic E-state index is 12.3. The number of unbranched alkanes of at least 4 members (excludes halogenated alkanes) is 6. The number of hydrogen-bond donors (Lipinski definition) is 2. The van der Waals surface area contributed by atoms with Crippen LogP contribution >= 0.6 is 0 Å². The monoisotopic (exact) mass is 497 g/mol. The Balaban J connectivity index is 1.22. The number of aliphatic carboxylic acids is 1. The zero-order valence-corrected chi connectivity index (χ0v) is 21.4. The third-order valence-corrected chi connectivity index (χ3v) is 7.59. The number of piperidine rings is 1. The molecule has 1 aromatic heterocycles. The quantitative estimate of drug-likeness (QED) is 0.421. The summed E-state index contributed by atoms with van der Waals surface area (Å²) < 4.78 is 1.83. The molecule has 0 atom stereocenters. The second-order valence-electron chi connectivity index (χ2n) is 10.2. The van der Waals surface area contributed by atoms with Gasteiger partial charge in [0.2, 0.25) is 5.91 Å². The van der Waals surface area contributed by atoms with Crippen LogP contribution in [-0.4, -0.2) is 63.9 Å². The van der Waals surface area contributed by atoms with Gasteiger partial charge in [0.05, 0.1) is 5.52 Å². The Morgan fingerprint density at radius 2 is 1.72 bits per heavy atom. The molecule has 196 valence electrons. The minimum Gasteiger partial charge on any atom is -0.481 e. The van der Waals surface area contributed by atoms with E-state index in [2.05, 4.69) is 33.5 Å². The van der Waals surface area contributed by atoms with E-state index in [-0.39, 0.29) is 12.3 Å². The van der Waals surface area contributed by atoms with Gasteiger partial charge in [-0.1, -0.05) is 38.2 Å². The van der Waals surface area contributed by atoms with Gasteiger partial charge in [-0.05, 0) is 68.9 Å². The van der Waals surface area contributed by atoms with Crippen molar-refractivity contribution in [1.82, 2.24) is 20.0 Å². The molecule has 2 aromatic rings. The number of anilines is 1. The van der Waals surface area contributed by atoms with Gasteiger partial charge in [-0.3, -0.25) is 24.5 Å². The van der Waals surface area contributed by atoms with E-state index in [4.69, 9.17) is 5.11 Å². The lowest BCUT2D eigenvalue weighted by molar-refractivity contribution is -0.137. The number of imide groups is 1. The number of nitrogens with zero attached hydrogens (tertiary/aromatic N) is 4. The van der Waals surface area contributed by atoms with E-state index >= 15 is 0 Å². The molecule has 2 aliphatic heterocycles. The van der Waals surface area contributed by atoms with Crippen molar-refractivity contribution in [2.75, 3.05) is 31.1 Å². The van der Waals surface area contributed by atoms with E-state index in [9.17, 15) is 14.4 Å². The number of nitrogens with one attached hydrogen (secondary N) is 1. The van der Waals surface area contributed by atoms with Crippen LogP contribution in [0.1, 0.15) is 82.1 Å². The Morgan fingerprint density at radius 1 is 1.03 bits per heavy atom. The van der Waals surface area contributed by atoms with Crippen molar-refractivity contribution >= 4 is 34.6 Å². The molecular formula is C27H39N5O4. The van der Waals surface area contributed by atoms with Gasteiger partial charge in [-0.15, -0.1) is 0 Å². The third-order valence-electron chi connectivity index (χ3n) is 7.59. The van der Waals surface area contributed by atoms with Crippen LogP contribution in [0.25, 0.3) is 10.9 Å². The molecule has 2 saturated heterocycles. The first-order chi connectivity index (χ1) is 17.4. The number of hydrogen-bond acceptors (Lipinski definition) is 5. The van der Waals surface area contributed by atoms with E-state index < -0.39 is 12.0 Å². The van der Waals surface area contributed by atoms with Crippen LogP contribution in [0.2, 0.25) is 0 Å². The Morgan fingerprint density at radius 3 is 2.42 bits per heavy atom. The van der Waals surface area contributed by atoms with Crippen LogP contribution in [0.5, 0.6) is 0 Å². The third kappa shape index (κ3) is 6.63. The lowest BCUT2D eigenvalue weighted by Crippen LogP contribution is -2.49. The summed E-state index contributed by atoms with van der Waals surface area (Å²) in [5.41, 5.74) is 2.34. The van der Waals surface area contributed by atoms with Crippen molar-refractivity contribution in [2.24, 2.45) is 7.05 Å². The van der Waals surface area contributed by atoms with Crippen molar-refractivity contribution < 1.29 is 19.5 Å². The van der Waals surface area contributed by atoms with Gasteiger partial charge in [0.15, 0.2) is 5.82 Å². The SMILES string of the molecule is Cn1nc(N2CCC(=O)NC2=O)c2ccc(C3CCN(CCCCCCCCCC(=O)O)CC3)cc21. The standard InChI is InChI=1S/C27H39N5O4/c1-30-23-19-21(10-11-22(23)26(29-30)32-18-14-24(33)28-27(32)36)20-12-16-31(17-13-20)15-8-6-4-2-3-5-7-9-25(34)35/h10-11,19-20H,2-9,12-18H2,1H3,(H,34,35)(H,28,33,36). The second kappa shape index (κ2) is 12.3. The topological polar surface area (TPSA) is 108 Å². The summed E-state index contributed by atoms with van der Waals surface area (Å²) in [5.74, 6) is 0.216. The molecule has 3 heterocycles. The number of carbonyl (C=O) groups is 3. The summed E-state index contributed by atoms with van der Waals surface area (Å²) in [5, 5.41) is 16.6. The number of carboxylic acids is 1. The molecule has 0 bridgehead atoms. The molecule has 4 rings (SSSR count). The highest BCUT2D eigenvalue weighted by Gasteiger charge is 2.28. The van der Waals surface area contributed by atoms with Crippen LogP contribution in [0.3, 0.4) is 0 Å². The van der Waals surface area contributed by atoms with Crippen LogP contribution in [0.15, 0.2) is 18.2 Å². The highest BCUT2D eigenvalue weighted by Crippen LogP contribution is 2.33. The van der Waals surface area contributed by atoms with Gasteiger partial charge in [0.25, 0.3) is 0 Å². The van der Waals surface area contributed by atoms with E-state index in [0.717, 1.165) is 62.6 Å². The number of urea groups is 1. The van der Waals surface area contributed by atoms with E-state index in [0.29, 0.717) is 24.7 Å². The highest BCUT2D eigenvalue weighted by atomic mass is 16.4. The number of rotatable bonds is 12. The Hall–Kier alpha value is -2.94. The van der Waals surface area contributed by atoms with Crippen molar-refractivity contribution in [1.29, 1.82) is 0 Å². The number of aryl methyl sites for hydroxylation is 1. The van der Waals surface area contributed by atoms with Gasteiger partial charge in [-0.25, -0.2) is 4.79 Å². The van der Waals surface area contributed by atoms with Crippen molar-refractivity contribution in [3.05, 3.63) is 23.8 Å². The largest absolute Gasteiger partial charge is 0.481 e. The van der Waals surface area contributed by atoms with Gasteiger partial charge in [-0.2, -0.15) is 5.10 Å². The van der Waals surface area contributed by atoms with Crippen LogP contribution in [-0.2, 0) is 16.6 Å². The summed E-state index contributed by atoms with van der Waals surface area (Å²) >= 11 is 0.